The minimum Gasteiger partial charge on any atom is -0.486 e. The van der Waals surface area contributed by atoms with Crippen LogP contribution in [0.25, 0.3) is 21.6 Å². The SMILES string of the molecule is O=C(O)c1cn(-c2ccc(N[C@H]3CC[C@H](Nc4ncc5sccc5n4)C3)nc2)c(=O)cc1COc1cnc(N[C@H]2CC[C@H](Nc3ccc(-n4ccccc4=O)cn3)C2)nc1. The number of aromatic nitrogens is 8. The number of carboxylic acids is 1. The van der Waals surface area contributed by atoms with Crippen LogP contribution in [-0.4, -0.2) is 74.3 Å². The van der Waals surface area contributed by atoms with Gasteiger partial charge in [-0.2, -0.15) is 0 Å². The summed E-state index contributed by atoms with van der Waals surface area (Å²) in [6, 6.07) is 16.3. The number of anilines is 4. The number of hydrogen-bond acceptors (Lipinski definition) is 15. The average molecular weight is 825 g/mol. The maximum Gasteiger partial charge on any atom is 0.337 e. The lowest BCUT2D eigenvalue weighted by Gasteiger charge is -2.16. The van der Waals surface area contributed by atoms with Crippen LogP contribution in [0.15, 0.2) is 113 Å². The van der Waals surface area contributed by atoms with Crippen LogP contribution in [0.3, 0.4) is 0 Å². The number of carboxylic acid groups (broad SMARTS) is 1. The lowest BCUT2D eigenvalue weighted by atomic mass is 10.1. The number of rotatable bonds is 14. The molecule has 2 fully saturated rings. The van der Waals surface area contributed by atoms with Gasteiger partial charge in [0.25, 0.3) is 11.1 Å². The summed E-state index contributed by atoms with van der Waals surface area (Å²) in [4.78, 5) is 64.5. The molecule has 18 heteroatoms. The first-order valence-electron chi connectivity index (χ1n) is 19.6. The Hall–Kier alpha value is -7.21. The maximum absolute atomic E-state index is 13.2. The molecule has 0 amide bonds. The van der Waals surface area contributed by atoms with Gasteiger partial charge in [-0.15, -0.1) is 11.3 Å². The zero-order valence-corrected chi connectivity index (χ0v) is 33.0. The lowest BCUT2D eigenvalue weighted by molar-refractivity contribution is 0.0693. The van der Waals surface area contributed by atoms with Crippen LogP contribution in [0.1, 0.15) is 54.4 Å². The molecule has 7 heterocycles. The summed E-state index contributed by atoms with van der Waals surface area (Å²) in [7, 11) is 0. The third-order valence-electron chi connectivity index (χ3n) is 10.7. The second-order valence-electron chi connectivity index (χ2n) is 14.8. The van der Waals surface area contributed by atoms with Gasteiger partial charge in [0.1, 0.15) is 18.2 Å². The van der Waals surface area contributed by atoms with E-state index in [2.05, 4.69) is 51.2 Å². The molecule has 9 rings (SSSR count). The van der Waals surface area contributed by atoms with Gasteiger partial charge in [0.05, 0.1) is 58.1 Å². The maximum atomic E-state index is 13.2. The average Bonchev–Trinajstić information content (AvgIpc) is 4.03. The van der Waals surface area contributed by atoms with Gasteiger partial charge < -0.3 is 31.1 Å². The van der Waals surface area contributed by atoms with Crippen molar-refractivity contribution in [2.75, 3.05) is 21.3 Å². The Morgan fingerprint density at radius 3 is 1.98 bits per heavy atom. The van der Waals surface area contributed by atoms with Crippen LogP contribution in [0.2, 0.25) is 0 Å². The van der Waals surface area contributed by atoms with E-state index < -0.39 is 11.5 Å². The molecule has 4 atom stereocenters. The molecule has 17 nitrogen and oxygen atoms in total. The van der Waals surface area contributed by atoms with E-state index in [9.17, 15) is 19.5 Å². The molecule has 2 saturated carbocycles. The second kappa shape index (κ2) is 16.9. The van der Waals surface area contributed by atoms with Crippen LogP contribution >= 0.6 is 11.3 Å². The molecule has 7 aromatic heterocycles. The number of aromatic carboxylic acids is 1. The predicted octanol–water partition coefficient (Wildman–Crippen LogP) is 5.74. The van der Waals surface area contributed by atoms with Gasteiger partial charge in [-0.05, 0) is 80.3 Å². The number of pyridine rings is 4. The first-order valence-corrected chi connectivity index (χ1v) is 20.5. The highest BCUT2D eigenvalue weighted by Gasteiger charge is 2.27. The summed E-state index contributed by atoms with van der Waals surface area (Å²) in [6.45, 7) is -0.173. The zero-order chi connectivity index (χ0) is 41.0. The largest absolute Gasteiger partial charge is 0.486 e. The van der Waals surface area contributed by atoms with E-state index in [1.165, 1.54) is 35.3 Å². The molecule has 0 aromatic carbocycles. The highest BCUT2D eigenvalue weighted by molar-refractivity contribution is 7.17. The van der Waals surface area contributed by atoms with Gasteiger partial charge >= 0.3 is 5.97 Å². The summed E-state index contributed by atoms with van der Waals surface area (Å²) < 4.78 is 9.70. The smallest absolute Gasteiger partial charge is 0.337 e. The van der Waals surface area contributed by atoms with Crippen molar-refractivity contribution in [1.82, 2.24) is 39.0 Å². The normalized spacial score (nSPS) is 18.6. The minimum absolute atomic E-state index is 0.0788. The summed E-state index contributed by atoms with van der Waals surface area (Å²) >= 11 is 1.62. The van der Waals surface area contributed by atoms with Crippen LogP contribution < -0.4 is 37.1 Å². The Kier molecular flexibility index (Phi) is 10.8. The van der Waals surface area contributed by atoms with Crippen molar-refractivity contribution in [3.8, 4) is 17.1 Å². The molecule has 304 valence electrons. The van der Waals surface area contributed by atoms with E-state index in [1.807, 2.05) is 29.8 Å². The monoisotopic (exact) mass is 824 g/mol. The number of fused-ring (bicyclic) bond motifs is 1. The van der Waals surface area contributed by atoms with Gasteiger partial charge in [-0.3, -0.25) is 18.7 Å². The van der Waals surface area contributed by atoms with Gasteiger partial charge in [-0.1, -0.05) is 6.07 Å². The molecule has 7 aromatic rings. The third kappa shape index (κ3) is 8.77. The Balaban J connectivity index is 0.758. The topological polar surface area (TPSA) is 216 Å². The summed E-state index contributed by atoms with van der Waals surface area (Å²) in [5.41, 5.74) is 1.66. The predicted molar refractivity (Wildman–Crippen MR) is 228 cm³/mol. The van der Waals surface area contributed by atoms with Gasteiger partial charge in [0.15, 0.2) is 5.75 Å². The molecule has 0 spiro atoms. The molecule has 0 radical (unpaired) electrons. The number of thiophene rings is 1. The molecular weight excluding hydrogens is 785 g/mol. The van der Waals surface area contributed by atoms with E-state index >= 15 is 0 Å². The van der Waals surface area contributed by atoms with Crippen LogP contribution in [-0.2, 0) is 6.61 Å². The number of nitrogens with one attached hydrogen (secondary N) is 4. The fraction of sp³-hybridized carbons (Fsp3) is 0.262. The van der Waals surface area contributed by atoms with E-state index in [-0.39, 0.29) is 47.5 Å². The van der Waals surface area contributed by atoms with Crippen molar-refractivity contribution < 1.29 is 14.6 Å². The van der Waals surface area contributed by atoms with E-state index in [0.29, 0.717) is 34.8 Å². The standard InChI is InChI=1S/C42H40N12O5S/c55-38-3-1-2-13-53(38)30-8-10-36(43-18-30)48-26-4-6-28(16-26)50-41-45-20-32(21-46-41)59-24-25-15-39(56)54(23-33(25)40(57)58)31-9-11-37(44-19-31)49-27-5-7-29(17-27)51-42-47-22-35-34(52-42)12-14-60-35/h1-3,8-15,18-23,26-29H,4-7,16-17,24H2,(H,43,48)(H,44,49)(H,57,58)(H,45,46,50)(H,47,51,52)/t26-,27-,28-,29-/m0/s1. The molecule has 0 unspecified atom stereocenters. The molecule has 60 heavy (non-hydrogen) atoms. The summed E-state index contributed by atoms with van der Waals surface area (Å²) in [5.74, 6) is 1.58. The molecule has 0 aliphatic heterocycles. The number of ether oxygens (including phenoxy) is 1. The van der Waals surface area contributed by atoms with Gasteiger partial charge in [0.2, 0.25) is 11.9 Å². The number of nitrogens with zero attached hydrogens (tertiary/aromatic N) is 8. The van der Waals surface area contributed by atoms with Crippen molar-refractivity contribution in [2.24, 2.45) is 0 Å². The first kappa shape index (κ1) is 38.3. The Bertz CT molecular complexity index is 2740. The Morgan fingerprint density at radius 2 is 1.35 bits per heavy atom. The quantitative estimate of drug-likeness (QED) is 0.0884. The van der Waals surface area contributed by atoms with E-state index in [0.717, 1.165) is 54.6 Å². The van der Waals surface area contributed by atoms with Crippen LogP contribution in [0, 0.1) is 0 Å². The molecular formula is C42H40N12O5S. The van der Waals surface area contributed by atoms with Gasteiger partial charge in [-0.25, -0.2) is 34.7 Å². The lowest BCUT2D eigenvalue weighted by Crippen LogP contribution is -2.23. The number of hydrogen-bond donors (Lipinski definition) is 5. The van der Waals surface area contributed by atoms with E-state index in [1.54, 1.807) is 58.8 Å². The van der Waals surface area contributed by atoms with Gasteiger partial charge in [0, 0.05) is 54.3 Å². The van der Waals surface area contributed by atoms with Crippen molar-refractivity contribution in [3.63, 3.8) is 0 Å². The van der Waals surface area contributed by atoms with Crippen molar-refractivity contribution in [3.05, 3.63) is 135 Å². The fourth-order valence-corrected chi connectivity index (χ4v) is 8.38. The van der Waals surface area contributed by atoms with Crippen LogP contribution in [0.4, 0.5) is 23.5 Å². The van der Waals surface area contributed by atoms with Crippen molar-refractivity contribution in [1.29, 1.82) is 0 Å². The number of carbonyl (C=O) groups is 1. The molecule has 2 aliphatic rings. The fourth-order valence-electron chi connectivity index (χ4n) is 7.69. The zero-order valence-electron chi connectivity index (χ0n) is 32.1. The molecule has 5 N–H and O–H groups in total. The third-order valence-corrected chi connectivity index (χ3v) is 11.5. The van der Waals surface area contributed by atoms with Crippen molar-refractivity contribution in [2.45, 2.75) is 69.3 Å². The highest BCUT2D eigenvalue weighted by Crippen LogP contribution is 2.27. The Labute approximate surface area is 346 Å². The highest BCUT2D eigenvalue weighted by atomic mass is 32.1. The summed E-state index contributed by atoms with van der Waals surface area (Å²) in [6.07, 6.45) is 16.5. The second-order valence-corrected chi connectivity index (χ2v) is 15.8. The Morgan fingerprint density at radius 1 is 0.717 bits per heavy atom. The van der Waals surface area contributed by atoms with Crippen LogP contribution in [0.5, 0.6) is 5.75 Å². The van der Waals surface area contributed by atoms with E-state index in [4.69, 9.17) is 4.74 Å². The first-order chi connectivity index (χ1) is 29.3. The van der Waals surface area contributed by atoms with Crippen molar-refractivity contribution >= 4 is 51.1 Å². The molecule has 0 saturated heterocycles. The molecule has 0 bridgehead atoms. The minimum atomic E-state index is -1.20. The summed E-state index contributed by atoms with van der Waals surface area (Å²) in [5, 5.41) is 25.8. The molecule has 2 aliphatic carbocycles.